The smallest absolute Gasteiger partial charge is 0.143 e. The third-order valence-corrected chi connectivity index (χ3v) is 10.4. The summed E-state index contributed by atoms with van der Waals surface area (Å²) >= 11 is 0. The average Bonchev–Trinajstić information content (AvgIpc) is 3.86. The number of hydrogen-bond donors (Lipinski definition) is 0. The maximum Gasteiger partial charge on any atom is 0.143 e. The average molecular weight is 667 g/mol. The molecule has 0 radical (unpaired) electrons. The van der Waals surface area contributed by atoms with E-state index in [0.29, 0.717) is 0 Å². The van der Waals surface area contributed by atoms with Gasteiger partial charge in [-0.3, -0.25) is 0 Å². The molecule has 3 aromatic heterocycles. The van der Waals surface area contributed by atoms with Gasteiger partial charge in [0, 0.05) is 49.3 Å². The van der Waals surface area contributed by atoms with Gasteiger partial charge < -0.3 is 13.6 Å². The second kappa shape index (κ2) is 11.9. The Balaban J connectivity index is 1.20. The van der Waals surface area contributed by atoms with Gasteiger partial charge in [-0.1, -0.05) is 122 Å². The molecular weight excluding hydrogens is 633 g/mol. The molecule has 0 aliphatic carbocycles. The molecule has 0 N–H and O–H groups in total. The lowest BCUT2D eigenvalue weighted by Crippen LogP contribution is -1.94. The van der Waals surface area contributed by atoms with E-state index in [1.165, 1.54) is 43.7 Å². The Kier molecular flexibility index (Phi) is 6.87. The monoisotopic (exact) mass is 666 g/mol. The van der Waals surface area contributed by atoms with E-state index in [0.717, 1.165) is 55.5 Å². The molecule has 0 unspecified atom stereocenters. The molecule has 10 rings (SSSR count). The molecule has 0 saturated heterocycles. The second-order valence-corrected chi connectivity index (χ2v) is 13.3. The Bertz CT molecular complexity index is 3090. The van der Waals surface area contributed by atoms with E-state index in [-0.39, 0.29) is 0 Å². The van der Waals surface area contributed by atoms with Crippen LogP contribution in [0.15, 0.2) is 187 Å². The van der Waals surface area contributed by atoms with Crippen molar-refractivity contribution in [2.75, 3.05) is 0 Å². The molecule has 0 fully saturated rings. The molecule has 0 aliphatic heterocycles. The van der Waals surface area contributed by atoms with Gasteiger partial charge in [0.15, 0.2) is 0 Å². The number of fused-ring (bicyclic) bond motifs is 9. The van der Waals surface area contributed by atoms with Crippen LogP contribution in [0.3, 0.4) is 0 Å². The van der Waals surface area contributed by atoms with E-state index in [4.69, 9.17) is 4.42 Å². The van der Waals surface area contributed by atoms with Crippen molar-refractivity contribution in [3.8, 4) is 27.9 Å². The summed E-state index contributed by atoms with van der Waals surface area (Å²) in [4.78, 5) is 0. The Morgan fingerprint density at radius 2 is 1.19 bits per heavy atom. The molecule has 7 aromatic carbocycles. The van der Waals surface area contributed by atoms with E-state index in [9.17, 15) is 0 Å². The van der Waals surface area contributed by atoms with Crippen LogP contribution in [0.1, 0.15) is 6.92 Å². The van der Waals surface area contributed by atoms with Gasteiger partial charge in [0.25, 0.3) is 0 Å². The number of para-hydroxylation sites is 4. The fourth-order valence-electron chi connectivity index (χ4n) is 8.31. The molecule has 0 saturated carbocycles. The first-order chi connectivity index (χ1) is 25.7. The molecule has 3 heteroatoms. The fourth-order valence-corrected chi connectivity index (χ4v) is 8.31. The first-order valence-electron chi connectivity index (χ1n) is 17.8. The van der Waals surface area contributed by atoms with Crippen LogP contribution in [0.2, 0.25) is 0 Å². The zero-order valence-electron chi connectivity index (χ0n) is 28.8. The van der Waals surface area contributed by atoms with Crippen molar-refractivity contribution in [3.05, 3.63) is 183 Å². The fraction of sp³-hybridized carbons (Fsp3) is 0.0204. The van der Waals surface area contributed by atoms with Crippen molar-refractivity contribution in [3.63, 3.8) is 0 Å². The Hall–Kier alpha value is -6.84. The van der Waals surface area contributed by atoms with Crippen molar-refractivity contribution in [1.29, 1.82) is 0 Å². The van der Waals surface area contributed by atoms with Gasteiger partial charge in [-0.05, 0) is 84.3 Å². The van der Waals surface area contributed by atoms with Crippen molar-refractivity contribution >= 4 is 71.2 Å². The van der Waals surface area contributed by atoms with Crippen LogP contribution in [0.25, 0.3) is 99.2 Å². The van der Waals surface area contributed by atoms with E-state index in [1.807, 2.05) is 6.08 Å². The lowest BCUT2D eigenvalue weighted by Gasteiger charge is -2.09. The van der Waals surface area contributed by atoms with Crippen LogP contribution >= 0.6 is 0 Å². The Morgan fingerprint density at radius 1 is 0.558 bits per heavy atom. The number of rotatable bonds is 6. The number of aromatic nitrogens is 2. The van der Waals surface area contributed by atoms with Crippen LogP contribution in [-0.2, 0) is 0 Å². The quantitative estimate of drug-likeness (QED) is 0.162. The van der Waals surface area contributed by atoms with Crippen LogP contribution in [0.4, 0.5) is 0 Å². The molecule has 52 heavy (non-hydrogen) atoms. The highest BCUT2D eigenvalue weighted by atomic mass is 16.3. The van der Waals surface area contributed by atoms with Gasteiger partial charge in [0.05, 0.1) is 22.1 Å². The normalized spacial score (nSPS) is 12.4. The Labute approximate surface area is 301 Å². The molecule has 0 spiro atoms. The van der Waals surface area contributed by atoms with Gasteiger partial charge in [0.1, 0.15) is 11.2 Å². The number of nitrogens with zero attached hydrogens (tertiary/aromatic N) is 2. The van der Waals surface area contributed by atoms with Crippen molar-refractivity contribution < 1.29 is 4.42 Å². The van der Waals surface area contributed by atoms with Crippen LogP contribution < -0.4 is 0 Å². The van der Waals surface area contributed by atoms with Crippen LogP contribution in [-0.4, -0.2) is 9.13 Å². The molecule has 0 aliphatic rings. The van der Waals surface area contributed by atoms with E-state index >= 15 is 0 Å². The molecule has 10 aromatic rings. The summed E-state index contributed by atoms with van der Waals surface area (Å²) in [5, 5.41) is 7.11. The summed E-state index contributed by atoms with van der Waals surface area (Å²) in [5.74, 6) is 0. The summed E-state index contributed by atoms with van der Waals surface area (Å²) in [6.07, 6.45) is 8.14. The molecule has 0 atom stereocenters. The zero-order chi connectivity index (χ0) is 34.8. The summed E-state index contributed by atoms with van der Waals surface area (Å²) in [6.45, 7) is 6.05. The standard InChI is InChI=1S/C49H34N2O/c1-3-15-33(16-4-2)50-42-25-10-8-19-39(42)47-35(21-13-27-44(47)50)32-29-30-46-41(31-32)38-24-12-23-37(49(38)52-46)36-22-14-28-45-48(36)40-20-9-11-26-43(40)51(45)34-17-6-5-7-18-34/h3-31H,1H2,2H3/b16-4-,33-15+. The van der Waals surface area contributed by atoms with Crippen molar-refractivity contribution in [2.45, 2.75) is 6.92 Å². The van der Waals surface area contributed by atoms with E-state index < -0.39 is 0 Å². The minimum absolute atomic E-state index is 0.879. The van der Waals surface area contributed by atoms with Gasteiger partial charge in [-0.15, -0.1) is 0 Å². The maximum atomic E-state index is 6.79. The highest BCUT2D eigenvalue weighted by molar-refractivity contribution is 6.20. The van der Waals surface area contributed by atoms with Crippen molar-refractivity contribution in [2.24, 2.45) is 0 Å². The van der Waals surface area contributed by atoms with E-state index in [1.54, 1.807) is 0 Å². The number of furan rings is 1. The largest absolute Gasteiger partial charge is 0.455 e. The minimum atomic E-state index is 0.879. The number of benzene rings is 7. The van der Waals surface area contributed by atoms with Gasteiger partial charge in [0.2, 0.25) is 0 Å². The molecule has 3 heterocycles. The predicted octanol–water partition coefficient (Wildman–Crippen LogP) is 13.7. The van der Waals surface area contributed by atoms with Crippen LogP contribution in [0.5, 0.6) is 0 Å². The highest BCUT2D eigenvalue weighted by Gasteiger charge is 2.21. The van der Waals surface area contributed by atoms with E-state index in [2.05, 4.69) is 193 Å². The molecule has 246 valence electrons. The molecular formula is C49H34N2O. The second-order valence-electron chi connectivity index (χ2n) is 13.3. The third kappa shape index (κ3) is 4.39. The van der Waals surface area contributed by atoms with Crippen molar-refractivity contribution in [1.82, 2.24) is 9.13 Å². The summed E-state index contributed by atoms with van der Waals surface area (Å²) < 4.78 is 11.5. The first-order valence-corrected chi connectivity index (χ1v) is 17.8. The van der Waals surface area contributed by atoms with Crippen LogP contribution in [0, 0.1) is 0 Å². The third-order valence-electron chi connectivity index (χ3n) is 10.4. The summed E-state index contributed by atoms with van der Waals surface area (Å²) in [7, 11) is 0. The lowest BCUT2D eigenvalue weighted by molar-refractivity contribution is 0.670. The topological polar surface area (TPSA) is 23.0 Å². The summed E-state index contributed by atoms with van der Waals surface area (Å²) in [5.41, 5.74) is 13.3. The predicted molar refractivity (Wildman–Crippen MR) is 221 cm³/mol. The molecule has 0 amide bonds. The highest BCUT2D eigenvalue weighted by Crippen LogP contribution is 2.44. The molecule has 0 bridgehead atoms. The first kappa shape index (κ1) is 30.0. The SMILES string of the molecule is C=C/C=C(\C=C/C)n1c2ccccc2c2c(-c3ccc4oc5c(-c6cccc7c6c6ccccc6n7-c6ccccc6)cccc5c4c3)cccc21. The van der Waals surface area contributed by atoms with Gasteiger partial charge in [-0.25, -0.2) is 0 Å². The van der Waals surface area contributed by atoms with Gasteiger partial charge in [-0.2, -0.15) is 0 Å². The summed E-state index contributed by atoms with van der Waals surface area (Å²) in [6, 6.07) is 54.4. The zero-order valence-corrected chi connectivity index (χ0v) is 28.8. The number of allylic oxidation sites excluding steroid dienone is 5. The van der Waals surface area contributed by atoms with Gasteiger partial charge >= 0.3 is 0 Å². The Morgan fingerprint density at radius 3 is 2.00 bits per heavy atom. The number of hydrogen-bond acceptors (Lipinski definition) is 1. The lowest BCUT2D eigenvalue weighted by atomic mass is 9.96. The molecule has 3 nitrogen and oxygen atoms in total. The maximum absolute atomic E-state index is 6.79. The minimum Gasteiger partial charge on any atom is -0.455 e.